The van der Waals surface area contributed by atoms with E-state index >= 15 is 0 Å². The fraction of sp³-hybridized carbons (Fsp3) is 0.667. The highest BCUT2D eigenvalue weighted by Crippen LogP contribution is 2.50. The number of hydroxylamine groups is 2. The van der Waals surface area contributed by atoms with Gasteiger partial charge >= 0.3 is 0 Å². The summed E-state index contributed by atoms with van der Waals surface area (Å²) in [7, 11) is 0. The van der Waals surface area contributed by atoms with E-state index in [9.17, 15) is 14.8 Å². The van der Waals surface area contributed by atoms with E-state index in [-0.39, 0.29) is 24.0 Å². The Hall–Kier alpha value is -2.53. The predicted octanol–water partition coefficient (Wildman–Crippen LogP) is 7.12. The van der Waals surface area contributed by atoms with Crippen molar-refractivity contribution in [2.45, 2.75) is 120 Å². The summed E-state index contributed by atoms with van der Waals surface area (Å²) in [6, 6.07) is 7.29. The molecule has 3 unspecified atom stereocenters. The number of nitrogens with two attached hydrogens (primary N) is 1. The summed E-state index contributed by atoms with van der Waals surface area (Å²) in [5.74, 6) is 1.90. The zero-order chi connectivity index (χ0) is 29.8. The summed E-state index contributed by atoms with van der Waals surface area (Å²) < 4.78 is 0. The van der Waals surface area contributed by atoms with E-state index in [0.29, 0.717) is 42.4 Å². The fourth-order valence-corrected chi connectivity index (χ4v) is 8.98. The van der Waals surface area contributed by atoms with Gasteiger partial charge in [0.05, 0.1) is 17.8 Å². The molecule has 1 spiro atoms. The molecule has 3 aliphatic carbocycles. The molecular weight excluding hydrogens is 564 g/mol. The number of nitrogen functional groups attached to an aromatic ring is 1. The molecule has 0 radical (unpaired) electrons. The van der Waals surface area contributed by atoms with E-state index in [0.717, 1.165) is 85.9 Å². The Kier molecular flexibility index (Phi) is 9.66. The van der Waals surface area contributed by atoms with E-state index in [2.05, 4.69) is 10.3 Å². The van der Waals surface area contributed by atoms with Gasteiger partial charge in [0.25, 0.3) is 0 Å². The normalized spacial score (nSPS) is 30.0. The van der Waals surface area contributed by atoms with Gasteiger partial charge in [-0.1, -0.05) is 25.0 Å². The SMILES string of the molecule is Nc1cccc(-c2csc(NC(=O)CCCCCCC(=O)N(O)C3CCC[C@]4(CC5CC6CC(C5)CC(C6)OO4)C3)n2)c1. The van der Waals surface area contributed by atoms with Crippen molar-refractivity contribution in [3.8, 4) is 11.3 Å². The summed E-state index contributed by atoms with van der Waals surface area (Å²) in [4.78, 5) is 42.1. The number of hydrogen-bond acceptors (Lipinski definition) is 8. The van der Waals surface area contributed by atoms with Crippen molar-refractivity contribution in [2.24, 2.45) is 17.8 Å². The highest BCUT2D eigenvalue weighted by Gasteiger charge is 2.48. The molecule has 9 nitrogen and oxygen atoms in total. The van der Waals surface area contributed by atoms with E-state index in [1.54, 1.807) is 0 Å². The summed E-state index contributed by atoms with van der Waals surface area (Å²) in [5, 5.41) is 17.3. The average Bonchev–Trinajstić information content (AvgIpc) is 3.47. The van der Waals surface area contributed by atoms with Crippen LogP contribution in [0.4, 0.5) is 10.8 Å². The molecule has 43 heavy (non-hydrogen) atoms. The van der Waals surface area contributed by atoms with Crippen molar-refractivity contribution in [1.29, 1.82) is 0 Å². The van der Waals surface area contributed by atoms with Crippen LogP contribution in [0.5, 0.6) is 0 Å². The molecule has 4 atom stereocenters. The monoisotopic (exact) mass is 610 g/mol. The third kappa shape index (κ3) is 7.77. The number of carbonyl (C=O) groups excluding carboxylic acids is 2. The van der Waals surface area contributed by atoms with Crippen LogP contribution in [0.2, 0.25) is 0 Å². The number of unbranched alkanes of at least 4 members (excludes halogenated alkanes) is 3. The number of carbonyl (C=O) groups is 2. The zero-order valence-electron chi connectivity index (χ0n) is 25.0. The second-order valence-corrected chi connectivity index (χ2v) is 14.4. The summed E-state index contributed by atoms with van der Waals surface area (Å²) in [5.41, 5.74) is 7.85. The standard InChI is InChI=1S/C33H46N4O5S/c34-26-8-5-7-25(18-26)29-21-43-32(35-29)36-30(38)10-3-1-2-4-11-31(39)37(40)27-9-6-12-33(20-27)19-24-14-22-13-23(15-24)17-28(16-22)41-42-33/h5,7-8,18,21-24,27-28,40H,1-4,6,9-17,19-20,34H2,(H,35,36,38)/t22?,23?,24?,27?,28?,33-/m0/s1. The molecule has 2 aromatic rings. The van der Waals surface area contributed by atoms with E-state index in [4.69, 9.17) is 15.5 Å². The maximum absolute atomic E-state index is 12.9. The highest BCUT2D eigenvalue weighted by molar-refractivity contribution is 7.14. The lowest BCUT2D eigenvalue weighted by atomic mass is 9.64. The molecular formula is C33H46N4O5S. The summed E-state index contributed by atoms with van der Waals surface area (Å²) in [6.45, 7) is 0. The molecule has 2 aliphatic heterocycles. The molecule has 4 bridgehead atoms. The molecule has 3 saturated carbocycles. The molecule has 2 amide bonds. The molecule has 4 N–H and O–H groups in total. The Morgan fingerprint density at radius 2 is 1.81 bits per heavy atom. The second kappa shape index (κ2) is 13.6. The summed E-state index contributed by atoms with van der Waals surface area (Å²) in [6.07, 6.45) is 14.4. The van der Waals surface area contributed by atoms with Crippen molar-refractivity contribution < 1.29 is 24.6 Å². The predicted molar refractivity (Wildman–Crippen MR) is 166 cm³/mol. The minimum Gasteiger partial charge on any atom is -0.399 e. The number of aromatic nitrogens is 1. The minimum atomic E-state index is -0.398. The van der Waals surface area contributed by atoms with Crippen LogP contribution in [-0.2, 0) is 19.4 Å². The van der Waals surface area contributed by atoms with Crippen LogP contribution < -0.4 is 11.1 Å². The Balaban J connectivity index is 0.894. The molecule has 5 aliphatic rings. The topological polar surface area (TPSA) is 127 Å². The number of nitrogens with zero attached hydrogens (tertiary/aromatic N) is 2. The van der Waals surface area contributed by atoms with Crippen LogP contribution in [0.25, 0.3) is 11.3 Å². The number of rotatable bonds is 10. The first-order valence-corrected chi connectivity index (χ1v) is 17.2. The van der Waals surface area contributed by atoms with Gasteiger partial charge in [0.1, 0.15) is 5.60 Å². The van der Waals surface area contributed by atoms with Crippen molar-refractivity contribution in [3.63, 3.8) is 0 Å². The zero-order valence-corrected chi connectivity index (χ0v) is 25.9. The first-order valence-electron chi connectivity index (χ1n) is 16.3. The van der Waals surface area contributed by atoms with Gasteiger partial charge in [-0.2, -0.15) is 0 Å². The first-order chi connectivity index (χ1) is 20.8. The Labute approximate surface area is 258 Å². The van der Waals surface area contributed by atoms with Gasteiger partial charge in [-0.15, -0.1) is 11.3 Å². The second-order valence-electron chi connectivity index (χ2n) is 13.6. The van der Waals surface area contributed by atoms with Crippen molar-refractivity contribution >= 4 is 34.0 Å². The van der Waals surface area contributed by atoms with Crippen molar-refractivity contribution in [3.05, 3.63) is 29.6 Å². The number of benzene rings is 1. The lowest BCUT2D eigenvalue weighted by Gasteiger charge is -2.43. The average molecular weight is 611 g/mol. The number of fused-ring (bicyclic) bond motifs is 1. The number of nitrogens with one attached hydrogen (secondary N) is 1. The van der Waals surface area contributed by atoms with Gasteiger partial charge in [0, 0.05) is 35.9 Å². The number of amides is 2. The summed E-state index contributed by atoms with van der Waals surface area (Å²) >= 11 is 1.39. The van der Waals surface area contributed by atoms with Crippen LogP contribution in [0.1, 0.15) is 103 Å². The van der Waals surface area contributed by atoms with Gasteiger partial charge in [-0.3, -0.25) is 14.8 Å². The highest BCUT2D eigenvalue weighted by atomic mass is 32.1. The molecule has 234 valence electrons. The van der Waals surface area contributed by atoms with E-state index < -0.39 is 5.60 Å². The Bertz CT molecular complexity index is 1260. The molecule has 1 aromatic heterocycles. The molecule has 2 saturated heterocycles. The van der Waals surface area contributed by atoms with E-state index in [1.165, 1.54) is 30.6 Å². The number of thiazole rings is 1. The van der Waals surface area contributed by atoms with Crippen LogP contribution in [0, 0.1) is 17.8 Å². The third-order valence-electron chi connectivity index (χ3n) is 10.1. The number of hydrogen-bond donors (Lipinski definition) is 3. The minimum absolute atomic E-state index is 0.0608. The van der Waals surface area contributed by atoms with Gasteiger partial charge in [0.2, 0.25) is 11.8 Å². The lowest BCUT2D eigenvalue weighted by Crippen LogP contribution is -2.49. The fourth-order valence-electron chi connectivity index (χ4n) is 8.24. The molecule has 10 heteroatoms. The maximum Gasteiger partial charge on any atom is 0.246 e. The third-order valence-corrected chi connectivity index (χ3v) is 10.8. The molecule has 5 fully saturated rings. The Morgan fingerprint density at radius 3 is 2.60 bits per heavy atom. The first kappa shape index (κ1) is 30.5. The van der Waals surface area contributed by atoms with Crippen LogP contribution in [0.3, 0.4) is 0 Å². The smallest absolute Gasteiger partial charge is 0.246 e. The Morgan fingerprint density at radius 1 is 1.05 bits per heavy atom. The largest absolute Gasteiger partial charge is 0.399 e. The van der Waals surface area contributed by atoms with Crippen LogP contribution >= 0.6 is 11.3 Å². The van der Waals surface area contributed by atoms with Crippen molar-refractivity contribution in [2.75, 3.05) is 11.1 Å². The van der Waals surface area contributed by atoms with Crippen molar-refractivity contribution in [1.82, 2.24) is 10.0 Å². The van der Waals surface area contributed by atoms with E-state index in [1.807, 2.05) is 29.6 Å². The molecule has 3 heterocycles. The van der Waals surface area contributed by atoms with Gasteiger partial charge < -0.3 is 11.1 Å². The molecule has 1 aromatic carbocycles. The molecule has 7 rings (SSSR count). The van der Waals surface area contributed by atoms with Gasteiger partial charge in [0.15, 0.2) is 5.13 Å². The maximum atomic E-state index is 12.9. The quantitative estimate of drug-likeness (QED) is 0.0860. The lowest BCUT2D eigenvalue weighted by molar-refractivity contribution is -0.397. The van der Waals surface area contributed by atoms with Crippen LogP contribution in [-0.4, -0.2) is 44.8 Å². The van der Waals surface area contributed by atoms with Gasteiger partial charge in [-0.05, 0) is 101 Å². The number of anilines is 2. The van der Waals surface area contributed by atoms with Crippen LogP contribution in [0.15, 0.2) is 29.6 Å². The van der Waals surface area contributed by atoms with Gasteiger partial charge in [-0.25, -0.2) is 19.8 Å².